The van der Waals surface area contributed by atoms with E-state index in [4.69, 9.17) is 0 Å². The van der Waals surface area contributed by atoms with Crippen molar-refractivity contribution in [2.24, 2.45) is 0 Å². The van der Waals surface area contributed by atoms with Crippen molar-refractivity contribution in [1.29, 1.82) is 0 Å². The Kier molecular flexibility index (Phi) is 18.1. The summed E-state index contributed by atoms with van der Waals surface area (Å²) in [5, 5.41) is 13.2. The van der Waals surface area contributed by atoms with Gasteiger partial charge in [0.25, 0.3) is 5.91 Å². The number of halogens is 1. The molecular formula is C33H50FN7O. The molecule has 2 aliphatic heterocycles. The van der Waals surface area contributed by atoms with E-state index < -0.39 is 0 Å². The monoisotopic (exact) mass is 579 g/mol. The minimum absolute atomic E-state index is 0.281. The van der Waals surface area contributed by atoms with Gasteiger partial charge < -0.3 is 20.9 Å². The molecule has 9 heteroatoms. The van der Waals surface area contributed by atoms with E-state index in [1.165, 1.54) is 6.07 Å². The number of nitrogens with one attached hydrogen (secondary N) is 3. The molecule has 1 saturated heterocycles. The van der Waals surface area contributed by atoms with Crippen LogP contribution in [0.2, 0.25) is 0 Å². The van der Waals surface area contributed by atoms with Gasteiger partial charge in [0.1, 0.15) is 11.6 Å². The van der Waals surface area contributed by atoms with Gasteiger partial charge in [-0.15, -0.1) is 0 Å². The van der Waals surface area contributed by atoms with Crippen LogP contribution in [0.5, 0.6) is 0 Å². The quantitative estimate of drug-likeness (QED) is 0.311. The van der Waals surface area contributed by atoms with Gasteiger partial charge in [0.15, 0.2) is 0 Å². The van der Waals surface area contributed by atoms with Gasteiger partial charge >= 0.3 is 0 Å². The summed E-state index contributed by atoms with van der Waals surface area (Å²) in [5.41, 5.74) is 3.80. The number of rotatable bonds is 5. The average Bonchev–Trinajstić information content (AvgIpc) is 3.61. The fraction of sp³-hybridized carbons (Fsp3) is 0.424. The molecule has 1 aromatic carbocycles. The van der Waals surface area contributed by atoms with E-state index in [9.17, 15) is 9.18 Å². The maximum absolute atomic E-state index is 14.5. The SMILES string of the molecule is C=C(C)n1cccn1.CC.CC.CC.O=C(Nc1ccc(N2CCNCC2)cn1)c1ccc(C2=CCNCC2)c(F)c1. The molecule has 5 rings (SSSR count). The van der Waals surface area contributed by atoms with Gasteiger partial charge in [-0.25, -0.2) is 14.1 Å². The first-order chi connectivity index (χ1) is 20.5. The molecule has 0 radical (unpaired) electrons. The number of piperazine rings is 1. The Morgan fingerprint density at radius 1 is 1.00 bits per heavy atom. The van der Waals surface area contributed by atoms with Gasteiger partial charge in [-0.1, -0.05) is 60.3 Å². The number of allylic oxidation sites excluding steroid dienone is 1. The van der Waals surface area contributed by atoms with E-state index in [0.717, 1.165) is 62.6 Å². The molecule has 1 amide bonds. The summed E-state index contributed by atoms with van der Waals surface area (Å²) in [6.45, 7) is 23.0. The normalized spacial score (nSPS) is 13.6. The van der Waals surface area contributed by atoms with Crippen molar-refractivity contribution in [3.05, 3.63) is 84.6 Å². The van der Waals surface area contributed by atoms with Gasteiger partial charge in [0, 0.05) is 61.9 Å². The highest BCUT2D eigenvalue weighted by molar-refractivity contribution is 6.04. The molecule has 0 saturated carbocycles. The lowest BCUT2D eigenvalue weighted by Gasteiger charge is -2.29. The number of hydrogen-bond acceptors (Lipinski definition) is 6. The molecule has 3 N–H and O–H groups in total. The van der Waals surface area contributed by atoms with Crippen molar-refractivity contribution in [2.45, 2.75) is 54.9 Å². The van der Waals surface area contributed by atoms with Crippen molar-refractivity contribution in [3.63, 3.8) is 0 Å². The van der Waals surface area contributed by atoms with E-state index in [-0.39, 0.29) is 17.3 Å². The molecule has 42 heavy (non-hydrogen) atoms. The van der Waals surface area contributed by atoms with E-state index >= 15 is 0 Å². The van der Waals surface area contributed by atoms with Crippen molar-refractivity contribution < 1.29 is 9.18 Å². The van der Waals surface area contributed by atoms with E-state index in [2.05, 4.69) is 37.5 Å². The number of amides is 1. The summed E-state index contributed by atoms with van der Waals surface area (Å²) in [6.07, 6.45) is 8.13. The van der Waals surface area contributed by atoms with Crippen LogP contribution in [-0.4, -0.2) is 59.9 Å². The lowest BCUT2D eigenvalue weighted by molar-refractivity contribution is 0.102. The second kappa shape index (κ2) is 21.0. The molecule has 4 heterocycles. The van der Waals surface area contributed by atoms with Gasteiger partial charge in [-0.3, -0.25) is 4.79 Å². The minimum atomic E-state index is -0.372. The first-order valence-electron chi connectivity index (χ1n) is 15.1. The van der Waals surface area contributed by atoms with Gasteiger partial charge in [0.05, 0.1) is 11.9 Å². The topological polar surface area (TPSA) is 87.1 Å². The smallest absolute Gasteiger partial charge is 0.256 e. The first kappa shape index (κ1) is 36.2. The predicted molar refractivity (Wildman–Crippen MR) is 176 cm³/mol. The molecule has 2 aromatic heterocycles. The van der Waals surface area contributed by atoms with Crippen LogP contribution in [0.1, 0.15) is 70.8 Å². The Morgan fingerprint density at radius 2 is 1.71 bits per heavy atom. The maximum Gasteiger partial charge on any atom is 0.256 e. The number of hydrogen-bond donors (Lipinski definition) is 3. The fourth-order valence-corrected chi connectivity index (χ4v) is 4.04. The van der Waals surface area contributed by atoms with Crippen molar-refractivity contribution in [2.75, 3.05) is 49.5 Å². The summed E-state index contributed by atoms with van der Waals surface area (Å²) in [7, 11) is 0. The number of carbonyl (C=O) groups is 1. The number of carbonyl (C=O) groups excluding carboxylic acids is 1. The van der Waals surface area contributed by atoms with Crippen LogP contribution in [0.15, 0.2) is 67.6 Å². The van der Waals surface area contributed by atoms with Crippen LogP contribution in [0.3, 0.4) is 0 Å². The van der Waals surface area contributed by atoms with E-state index in [0.29, 0.717) is 11.4 Å². The van der Waals surface area contributed by atoms with Crippen LogP contribution in [0.4, 0.5) is 15.9 Å². The Balaban J connectivity index is 0.000000530. The Morgan fingerprint density at radius 3 is 2.21 bits per heavy atom. The molecule has 0 bridgehead atoms. The molecule has 0 spiro atoms. The summed E-state index contributed by atoms with van der Waals surface area (Å²) in [5.74, 6) is -0.288. The Hall–Kier alpha value is -3.82. The third kappa shape index (κ3) is 11.6. The molecule has 3 aromatic rings. The summed E-state index contributed by atoms with van der Waals surface area (Å²) in [4.78, 5) is 19.1. The van der Waals surface area contributed by atoms with E-state index in [1.807, 2.05) is 72.9 Å². The second-order valence-corrected chi connectivity index (χ2v) is 8.66. The third-order valence-electron chi connectivity index (χ3n) is 6.01. The van der Waals surface area contributed by atoms with Crippen LogP contribution in [0, 0.1) is 5.82 Å². The largest absolute Gasteiger partial charge is 0.368 e. The molecular weight excluding hydrogens is 529 g/mol. The van der Waals surface area contributed by atoms with Crippen molar-refractivity contribution in [1.82, 2.24) is 25.4 Å². The van der Waals surface area contributed by atoms with Crippen molar-refractivity contribution in [3.8, 4) is 0 Å². The highest BCUT2D eigenvalue weighted by Gasteiger charge is 2.15. The van der Waals surface area contributed by atoms with Crippen LogP contribution < -0.4 is 20.9 Å². The predicted octanol–water partition coefficient (Wildman–Crippen LogP) is 6.71. The number of pyridine rings is 1. The Bertz CT molecular complexity index is 1200. The van der Waals surface area contributed by atoms with Gasteiger partial charge in [0.2, 0.25) is 0 Å². The first-order valence-corrected chi connectivity index (χ1v) is 15.1. The average molecular weight is 580 g/mol. The van der Waals surface area contributed by atoms with E-state index in [1.54, 1.807) is 35.3 Å². The van der Waals surface area contributed by atoms with Crippen LogP contribution in [-0.2, 0) is 0 Å². The van der Waals surface area contributed by atoms with Crippen LogP contribution >= 0.6 is 0 Å². The second-order valence-electron chi connectivity index (χ2n) is 8.66. The maximum atomic E-state index is 14.5. The number of anilines is 2. The highest BCUT2D eigenvalue weighted by atomic mass is 19.1. The summed E-state index contributed by atoms with van der Waals surface area (Å²) < 4.78 is 16.2. The zero-order chi connectivity index (χ0) is 31.3. The fourth-order valence-electron chi connectivity index (χ4n) is 4.04. The molecule has 0 aliphatic carbocycles. The summed E-state index contributed by atoms with van der Waals surface area (Å²) >= 11 is 0. The standard InChI is InChI=1S/C21H24FN5O.C6H8N2.3C2H6/c22-19-13-16(1-3-18(19)15-5-7-23-8-6-15)21(28)26-20-4-2-17(14-25-20)27-11-9-24-10-12-27;1-6(2)8-5-3-4-7-8;3*1-2/h1-5,13-14,23-24H,6-12H2,(H,25,26,28);3-5H,1H2,2H3;3*1-2H3. The zero-order valence-electron chi connectivity index (χ0n) is 26.5. The van der Waals surface area contributed by atoms with Gasteiger partial charge in [-0.2, -0.15) is 5.10 Å². The zero-order valence-corrected chi connectivity index (χ0v) is 26.5. The number of benzene rings is 1. The molecule has 0 atom stereocenters. The number of nitrogens with zero attached hydrogens (tertiary/aromatic N) is 4. The summed E-state index contributed by atoms with van der Waals surface area (Å²) in [6, 6.07) is 10.2. The highest BCUT2D eigenvalue weighted by Crippen LogP contribution is 2.24. The van der Waals surface area contributed by atoms with Crippen LogP contribution in [0.25, 0.3) is 11.3 Å². The molecule has 1 fully saturated rings. The number of aromatic nitrogens is 3. The molecule has 2 aliphatic rings. The molecule has 230 valence electrons. The minimum Gasteiger partial charge on any atom is -0.368 e. The lowest BCUT2D eigenvalue weighted by atomic mass is 9.98. The molecule has 0 unspecified atom stereocenters. The van der Waals surface area contributed by atoms with Gasteiger partial charge in [-0.05, 0) is 55.8 Å². The Labute approximate surface area is 252 Å². The molecule has 8 nitrogen and oxygen atoms in total. The lowest BCUT2D eigenvalue weighted by Crippen LogP contribution is -2.43. The van der Waals surface area contributed by atoms with Crippen molar-refractivity contribution >= 4 is 28.7 Å². The third-order valence-corrected chi connectivity index (χ3v) is 6.01.